The van der Waals surface area contributed by atoms with Gasteiger partial charge in [-0.3, -0.25) is 4.90 Å². The van der Waals surface area contributed by atoms with Gasteiger partial charge in [-0.25, -0.2) is 0 Å². The van der Waals surface area contributed by atoms with E-state index in [4.69, 9.17) is 0 Å². The highest BCUT2D eigenvalue weighted by atomic mass is 15.2. The number of rotatable bonds is 4. The van der Waals surface area contributed by atoms with Gasteiger partial charge in [0.2, 0.25) is 0 Å². The number of benzene rings is 2. The van der Waals surface area contributed by atoms with E-state index >= 15 is 0 Å². The first-order valence-corrected chi connectivity index (χ1v) is 12.0. The molecule has 0 spiro atoms. The first kappa shape index (κ1) is 18.0. The summed E-state index contributed by atoms with van der Waals surface area (Å²) in [7, 11) is 0. The molecule has 2 aromatic rings. The normalized spacial score (nSPS) is 31.4. The predicted molar refractivity (Wildman–Crippen MR) is 121 cm³/mol. The zero-order valence-electron chi connectivity index (χ0n) is 17.6. The summed E-state index contributed by atoms with van der Waals surface area (Å²) >= 11 is 0. The van der Waals surface area contributed by atoms with Crippen LogP contribution < -0.4 is 5.32 Å². The molecule has 2 bridgehead atoms. The molecule has 1 heterocycles. The maximum Gasteiger partial charge on any atom is 0.0387 e. The van der Waals surface area contributed by atoms with Crippen LogP contribution in [0.2, 0.25) is 0 Å². The van der Waals surface area contributed by atoms with Crippen LogP contribution in [0.5, 0.6) is 0 Å². The Morgan fingerprint density at radius 2 is 1.79 bits per heavy atom. The molecule has 2 nitrogen and oxygen atoms in total. The van der Waals surface area contributed by atoms with Crippen molar-refractivity contribution in [3.8, 4) is 0 Å². The summed E-state index contributed by atoms with van der Waals surface area (Å²) < 4.78 is 0. The SMILES string of the molecule is c1ccc(Nc2ccc3c(c2)[C@@]24CCCC[C@H]2[C@@H](C3)N(CC2CCC2)CC4)cc1. The van der Waals surface area contributed by atoms with Crippen molar-refractivity contribution in [2.45, 2.75) is 69.2 Å². The number of piperidine rings is 1. The van der Waals surface area contributed by atoms with Crippen molar-refractivity contribution in [2.75, 3.05) is 18.4 Å². The third-order valence-corrected chi connectivity index (χ3v) is 8.73. The van der Waals surface area contributed by atoms with Crippen LogP contribution in [0.1, 0.15) is 62.5 Å². The Labute approximate surface area is 175 Å². The second-order valence-corrected chi connectivity index (χ2v) is 10.2. The van der Waals surface area contributed by atoms with Crippen LogP contribution in [0, 0.1) is 11.8 Å². The molecular weight excluding hydrogens is 352 g/mol. The quantitative estimate of drug-likeness (QED) is 0.664. The maximum absolute atomic E-state index is 3.66. The largest absolute Gasteiger partial charge is 0.356 e. The van der Waals surface area contributed by atoms with Crippen molar-refractivity contribution in [1.82, 2.24) is 4.90 Å². The van der Waals surface area contributed by atoms with Crippen molar-refractivity contribution in [2.24, 2.45) is 11.8 Å². The Balaban J connectivity index is 1.34. The van der Waals surface area contributed by atoms with Crippen molar-refractivity contribution in [3.63, 3.8) is 0 Å². The highest BCUT2D eigenvalue weighted by molar-refractivity contribution is 5.62. The fourth-order valence-corrected chi connectivity index (χ4v) is 7.08. The minimum absolute atomic E-state index is 0.445. The summed E-state index contributed by atoms with van der Waals surface area (Å²) in [6.45, 7) is 2.70. The fraction of sp³-hybridized carbons (Fsp3) is 0.556. The highest BCUT2D eigenvalue weighted by Crippen LogP contribution is 2.56. The Morgan fingerprint density at radius 1 is 0.897 bits per heavy atom. The molecule has 0 unspecified atom stereocenters. The fourth-order valence-electron chi connectivity index (χ4n) is 7.08. The molecule has 0 aromatic heterocycles. The number of hydrogen-bond acceptors (Lipinski definition) is 2. The molecule has 4 aliphatic rings. The van der Waals surface area contributed by atoms with E-state index in [0.29, 0.717) is 5.41 Å². The molecule has 1 aliphatic heterocycles. The summed E-state index contributed by atoms with van der Waals surface area (Å²) in [5.41, 5.74) is 6.24. The number of para-hydroxylation sites is 1. The average molecular weight is 387 g/mol. The summed E-state index contributed by atoms with van der Waals surface area (Å²) in [4.78, 5) is 2.93. The predicted octanol–water partition coefficient (Wildman–Crippen LogP) is 6.29. The van der Waals surface area contributed by atoms with Gasteiger partial charge in [0.05, 0.1) is 0 Å². The van der Waals surface area contributed by atoms with E-state index in [1.807, 2.05) is 0 Å². The van der Waals surface area contributed by atoms with Gasteiger partial charge in [0.25, 0.3) is 0 Å². The van der Waals surface area contributed by atoms with Gasteiger partial charge in [-0.1, -0.05) is 43.5 Å². The van der Waals surface area contributed by atoms with Gasteiger partial charge >= 0.3 is 0 Å². The standard InChI is InChI=1S/C27H34N2/c1-2-9-22(10-3-1)28-23-13-12-21-17-26-24-11-4-5-14-27(24,25(21)18-23)15-16-29(26)19-20-7-6-8-20/h1-3,9-10,12-13,18,20,24,26,28H,4-8,11,14-17,19H2/t24-,26+,27+/m0/s1. The minimum atomic E-state index is 0.445. The van der Waals surface area contributed by atoms with Gasteiger partial charge in [0.1, 0.15) is 0 Å². The van der Waals surface area contributed by atoms with E-state index in [-0.39, 0.29) is 0 Å². The van der Waals surface area contributed by atoms with Crippen molar-refractivity contribution in [3.05, 3.63) is 59.7 Å². The van der Waals surface area contributed by atoms with Crippen LogP contribution >= 0.6 is 0 Å². The van der Waals surface area contributed by atoms with Crippen molar-refractivity contribution in [1.29, 1.82) is 0 Å². The Morgan fingerprint density at radius 3 is 2.62 bits per heavy atom. The summed E-state index contributed by atoms with van der Waals surface area (Å²) in [5, 5.41) is 3.66. The molecule has 2 saturated carbocycles. The number of anilines is 2. The maximum atomic E-state index is 3.66. The lowest BCUT2D eigenvalue weighted by Crippen LogP contribution is -2.61. The minimum Gasteiger partial charge on any atom is -0.356 e. The van der Waals surface area contributed by atoms with Gasteiger partial charge in [0, 0.05) is 29.4 Å². The highest BCUT2D eigenvalue weighted by Gasteiger charge is 2.53. The zero-order valence-corrected chi connectivity index (χ0v) is 17.6. The van der Waals surface area contributed by atoms with Crippen molar-refractivity contribution >= 4 is 11.4 Å². The van der Waals surface area contributed by atoms with Gasteiger partial charge in [-0.05, 0) is 92.3 Å². The first-order valence-electron chi connectivity index (χ1n) is 12.0. The molecule has 2 heteroatoms. The molecule has 3 fully saturated rings. The Kier molecular flexibility index (Phi) is 4.45. The van der Waals surface area contributed by atoms with E-state index in [2.05, 4.69) is 58.7 Å². The van der Waals surface area contributed by atoms with Gasteiger partial charge in [0.15, 0.2) is 0 Å². The van der Waals surface area contributed by atoms with E-state index < -0.39 is 0 Å². The van der Waals surface area contributed by atoms with E-state index in [9.17, 15) is 0 Å². The summed E-state index contributed by atoms with van der Waals surface area (Å²) in [6, 6.07) is 18.7. The molecule has 3 aliphatic carbocycles. The van der Waals surface area contributed by atoms with Gasteiger partial charge in [-0.15, -0.1) is 0 Å². The van der Waals surface area contributed by atoms with E-state index in [0.717, 1.165) is 17.9 Å². The number of fused-ring (bicyclic) bond motifs is 1. The third kappa shape index (κ3) is 3.03. The smallest absolute Gasteiger partial charge is 0.0387 e. The molecule has 152 valence electrons. The van der Waals surface area contributed by atoms with Crippen LogP contribution in [0.4, 0.5) is 11.4 Å². The van der Waals surface area contributed by atoms with Gasteiger partial charge in [-0.2, -0.15) is 0 Å². The third-order valence-electron chi connectivity index (χ3n) is 8.73. The zero-order chi connectivity index (χ0) is 19.3. The van der Waals surface area contributed by atoms with Crippen molar-refractivity contribution < 1.29 is 0 Å². The molecule has 0 radical (unpaired) electrons. The molecule has 2 aromatic carbocycles. The number of hydrogen-bond donors (Lipinski definition) is 1. The monoisotopic (exact) mass is 386 g/mol. The lowest BCUT2D eigenvalue weighted by Gasteiger charge is -2.59. The Hall–Kier alpha value is -1.80. The molecule has 1 saturated heterocycles. The number of nitrogens with zero attached hydrogens (tertiary/aromatic N) is 1. The van der Waals surface area contributed by atoms with Crippen LogP contribution in [-0.2, 0) is 11.8 Å². The lowest BCUT2D eigenvalue weighted by atomic mass is 9.52. The first-order chi connectivity index (χ1) is 14.3. The van der Waals surface area contributed by atoms with Gasteiger partial charge < -0.3 is 5.32 Å². The molecule has 1 N–H and O–H groups in total. The second-order valence-electron chi connectivity index (χ2n) is 10.2. The van der Waals surface area contributed by atoms with Crippen LogP contribution in [0.25, 0.3) is 0 Å². The molecular formula is C27H34N2. The molecule has 0 amide bonds. The number of nitrogens with one attached hydrogen (secondary N) is 1. The number of likely N-dealkylation sites (tertiary alicyclic amines) is 1. The van der Waals surface area contributed by atoms with Crippen LogP contribution in [-0.4, -0.2) is 24.0 Å². The second kappa shape index (κ2) is 7.16. The topological polar surface area (TPSA) is 15.3 Å². The van der Waals surface area contributed by atoms with E-state index in [1.165, 1.54) is 82.3 Å². The van der Waals surface area contributed by atoms with Crippen LogP contribution in [0.15, 0.2) is 48.5 Å². The molecule has 3 atom stereocenters. The average Bonchev–Trinajstić information content (AvgIpc) is 2.73. The molecule has 6 rings (SSSR count). The molecule has 29 heavy (non-hydrogen) atoms. The van der Waals surface area contributed by atoms with E-state index in [1.54, 1.807) is 11.1 Å². The Bertz CT molecular complexity index is 871. The summed E-state index contributed by atoms with van der Waals surface area (Å²) in [5.74, 6) is 1.87. The lowest BCUT2D eigenvalue weighted by molar-refractivity contribution is -0.0239. The summed E-state index contributed by atoms with van der Waals surface area (Å²) in [6.07, 6.45) is 12.8. The van der Waals surface area contributed by atoms with Crippen LogP contribution in [0.3, 0.4) is 0 Å².